The number of nitrogens with zero attached hydrogens (tertiary/aromatic N) is 1. The molecule has 0 radical (unpaired) electrons. The van der Waals surface area contributed by atoms with Crippen molar-refractivity contribution in [2.75, 3.05) is 0 Å². The Bertz CT molecular complexity index is 535. The molecule has 3 unspecified atom stereocenters. The van der Waals surface area contributed by atoms with Crippen LogP contribution < -0.4 is 5.32 Å². The van der Waals surface area contributed by atoms with E-state index in [4.69, 9.17) is 0 Å². The molecule has 1 aromatic rings. The smallest absolute Gasteiger partial charge is 0.241 e. The summed E-state index contributed by atoms with van der Waals surface area (Å²) in [6, 6.07) is 9.05. The van der Waals surface area contributed by atoms with Gasteiger partial charge in [-0.3, -0.25) is 10.1 Å². The number of benzene rings is 1. The molecule has 114 valence electrons. The summed E-state index contributed by atoms with van der Waals surface area (Å²) in [5.74, 6) is 0.276. The number of aryl methyl sites for hydroxylation is 1. The lowest BCUT2D eigenvalue weighted by Gasteiger charge is -2.26. The molecule has 1 saturated heterocycles. The van der Waals surface area contributed by atoms with Crippen LogP contribution in [0.1, 0.15) is 57.8 Å². The Morgan fingerprint density at radius 1 is 1.24 bits per heavy atom. The lowest BCUT2D eigenvalue weighted by atomic mass is 10.1. The van der Waals surface area contributed by atoms with Crippen molar-refractivity contribution in [1.29, 1.82) is 0 Å². The highest BCUT2D eigenvalue weighted by Gasteiger charge is 2.56. The molecule has 3 heteroatoms. The zero-order valence-electron chi connectivity index (χ0n) is 13.5. The Balaban J connectivity index is 1.89. The van der Waals surface area contributed by atoms with Gasteiger partial charge in [-0.05, 0) is 35.8 Å². The number of hydrogen-bond acceptors (Lipinski definition) is 2. The van der Waals surface area contributed by atoms with E-state index >= 15 is 0 Å². The Morgan fingerprint density at radius 3 is 2.33 bits per heavy atom. The van der Waals surface area contributed by atoms with Gasteiger partial charge in [0, 0.05) is 6.04 Å². The van der Waals surface area contributed by atoms with Crippen molar-refractivity contribution in [3.8, 4) is 0 Å². The van der Waals surface area contributed by atoms with Crippen molar-refractivity contribution in [1.82, 2.24) is 10.2 Å². The first kappa shape index (κ1) is 14.6. The molecule has 1 heterocycles. The number of rotatable bonds is 4. The quantitative estimate of drug-likeness (QED) is 0.921. The van der Waals surface area contributed by atoms with Gasteiger partial charge in [-0.15, -0.1) is 0 Å². The van der Waals surface area contributed by atoms with E-state index in [1.165, 1.54) is 11.1 Å². The molecule has 1 aliphatic heterocycles. The number of carbonyl (C=O) groups is 1. The van der Waals surface area contributed by atoms with E-state index in [1.54, 1.807) is 0 Å². The van der Waals surface area contributed by atoms with Crippen LogP contribution in [0.5, 0.6) is 0 Å². The van der Waals surface area contributed by atoms with Crippen molar-refractivity contribution in [2.45, 2.75) is 65.2 Å². The van der Waals surface area contributed by atoms with Crippen LogP contribution in [-0.2, 0) is 11.2 Å². The molecule has 2 aliphatic rings. The minimum atomic E-state index is -0.0303. The molecular weight excluding hydrogens is 260 g/mol. The van der Waals surface area contributed by atoms with Crippen molar-refractivity contribution in [3.63, 3.8) is 0 Å². The van der Waals surface area contributed by atoms with Crippen molar-refractivity contribution in [3.05, 3.63) is 35.4 Å². The average Bonchev–Trinajstić information content (AvgIpc) is 2.97. The lowest BCUT2D eigenvalue weighted by molar-refractivity contribution is -0.131. The maximum atomic E-state index is 12.7. The molecule has 1 aliphatic carbocycles. The van der Waals surface area contributed by atoms with Gasteiger partial charge in [0.15, 0.2) is 0 Å². The molecule has 1 amide bonds. The van der Waals surface area contributed by atoms with Crippen LogP contribution in [0.2, 0.25) is 0 Å². The van der Waals surface area contributed by atoms with Crippen molar-refractivity contribution >= 4 is 5.91 Å². The minimum Gasteiger partial charge on any atom is -0.318 e. The number of nitrogens with one attached hydrogen (secondary N) is 1. The lowest BCUT2D eigenvalue weighted by Crippen LogP contribution is -2.35. The third kappa shape index (κ3) is 2.48. The van der Waals surface area contributed by atoms with E-state index in [0.717, 1.165) is 19.3 Å². The third-order valence-electron chi connectivity index (χ3n) is 5.10. The summed E-state index contributed by atoms with van der Waals surface area (Å²) in [7, 11) is 0. The van der Waals surface area contributed by atoms with Crippen LogP contribution >= 0.6 is 0 Å². The van der Waals surface area contributed by atoms with E-state index in [2.05, 4.69) is 62.2 Å². The predicted octanol–water partition coefficient (Wildman–Crippen LogP) is 3.26. The van der Waals surface area contributed by atoms with E-state index in [9.17, 15) is 4.79 Å². The standard InChI is InChI=1S/C18H26N2O/c1-5-12-7-9-13(10-8-12)16-19-14(6-2)17(21)20(16)15-11-18(15,3)4/h7-10,14-16,19H,5-6,11H2,1-4H3. The van der Waals surface area contributed by atoms with Gasteiger partial charge in [-0.2, -0.15) is 0 Å². The summed E-state index contributed by atoms with van der Waals surface area (Å²) in [4.78, 5) is 14.8. The largest absolute Gasteiger partial charge is 0.318 e. The van der Waals surface area contributed by atoms with E-state index in [0.29, 0.717) is 6.04 Å². The first-order chi connectivity index (χ1) is 9.97. The summed E-state index contributed by atoms with van der Waals surface area (Å²) in [6.45, 7) is 8.75. The molecule has 2 fully saturated rings. The zero-order chi connectivity index (χ0) is 15.2. The summed E-state index contributed by atoms with van der Waals surface area (Å²) < 4.78 is 0. The van der Waals surface area contributed by atoms with Crippen molar-refractivity contribution in [2.24, 2.45) is 5.41 Å². The maximum absolute atomic E-state index is 12.7. The molecule has 1 N–H and O–H groups in total. The molecule has 3 nitrogen and oxygen atoms in total. The van der Waals surface area contributed by atoms with Gasteiger partial charge in [-0.25, -0.2) is 0 Å². The van der Waals surface area contributed by atoms with Gasteiger partial charge in [0.25, 0.3) is 0 Å². The van der Waals surface area contributed by atoms with Crippen LogP contribution in [0, 0.1) is 5.41 Å². The first-order valence-electron chi connectivity index (χ1n) is 8.15. The summed E-state index contributed by atoms with van der Waals surface area (Å²) >= 11 is 0. The Kier molecular flexibility index (Phi) is 3.56. The van der Waals surface area contributed by atoms with Gasteiger partial charge in [0.1, 0.15) is 6.17 Å². The number of amides is 1. The number of hydrogen-bond donors (Lipinski definition) is 1. The average molecular weight is 286 g/mol. The summed E-state index contributed by atoms with van der Waals surface area (Å²) in [5, 5.41) is 3.53. The highest BCUT2D eigenvalue weighted by molar-refractivity contribution is 5.85. The Labute approximate surface area is 127 Å². The summed E-state index contributed by atoms with van der Waals surface area (Å²) in [5.41, 5.74) is 2.81. The monoisotopic (exact) mass is 286 g/mol. The van der Waals surface area contributed by atoms with Crippen LogP contribution in [0.25, 0.3) is 0 Å². The highest BCUT2D eigenvalue weighted by atomic mass is 16.2. The summed E-state index contributed by atoms with van der Waals surface area (Å²) in [6.07, 6.45) is 3.06. The molecule has 0 aromatic heterocycles. The van der Waals surface area contributed by atoms with Crippen molar-refractivity contribution < 1.29 is 4.79 Å². The van der Waals surface area contributed by atoms with Gasteiger partial charge < -0.3 is 4.90 Å². The third-order valence-corrected chi connectivity index (χ3v) is 5.10. The molecular formula is C18H26N2O. The van der Waals surface area contributed by atoms with Gasteiger partial charge in [0.2, 0.25) is 5.91 Å². The van der Waals surface area contributed by atoms with E-state index in [-0.39, 0.29) is 23.5 Å². The van der Waals surface area contributed by atoms with E-state index < -0.39 is 0 Å². The van der Waals surface area contributed by atoms with Gasteiger partial charge >= 0.3 is 0 Å². The Morgan fingerprint density at radius 2 is 1.86 bits per heavy atom. The topological polar surface area (TPSA) is 32.3 Å². The van der Waals surface area contributed by atoms with Gasteiger partial charge in [0.05, 0.1) is 6.04 Å². The first-order valence-corrected chi connectivity index (χ1v) is 8.15. The molecule has 3 rings (SSSR count). The second kappa shape index (κ2) is 5.13. The normalized spacial score (nSPS) is 30.8. The zero-order valence-corrected chi connectivity index (χ0v) is 13.5. The molecule has 1 aromatic carbocycles. The predicted molar refractivity (Wildman–Crippen MR) is 84.8 cm³/mol. The fourth-order valence-electron chi connectivity index (χ4n) is 3.38. The maximum Gasteiger partial charge on any atom is 0.241 e. The minimum absolute atomic E-state index is 0.0303. The van der Waals surface area contributed by atoms with E-state index in [1.807, 2.05) is 0 Å². The molecule has 3 atom stereocenters. The van der Waals surface area contributed by atoms with Crippen LogP contribution in [0.4, 0.5) is 0 Å². The molecule has 0 spiro atoms. The fourth-order valence-corrected chi connectivity index (χ4v) is 3.38. The second-order valence-corrected chi connectivity index (χ2v) is 7.08. The molecule has 21 heavy (non-hydrogen) atoms. The highest BCUT2D eigenvalue weighted by Crippen LogP contribution is 2.52. The van der Waals surface area contributed by atoms with Crippen LogP contribution in [-0.4, -0.2) is 22.9 Å². The molecule has 1 saturated carbocycles. The Hall–Kier alpha value is -1.35. The molecule has 0 bridgehead atoms. The van der Waals surface area contributed by atoms with Crippen LogP contribution in [0.15, 0.2) is 24.3 Å². The SMILES string of the molecule is CCc1ccc(C2NC(CC)C(=O)N2C2CC2(C)C)cc1. The van der Waals surface area contributed by atoms with Crippen LogP contribution in [0.3, 0.4) is 0 Å². The second-order valence-electron chi connectivity index (χ2n) is 7.08. The van der Waals surface area contributed by atoms with Gasteiger partial charge in [-0.1, -0.05) is 52.0 Å². The fraction of sp³-hybridized carbons (Fsp3) is 0.611. The number of carbonyl (C=O) groups excluding carboxylic acids is 1.